The first kappa shape index (κ1) is 37.6. The molecule has 3 nitrogen and oxygen atoms in total. The van der Waals surface area contributed by atoms with E-state index in [2.05, 4.69) is 209 Å². The van der Waals surface area contributed by atoms with Crippen LogP contribution in [0.15, 0.2) is 140 Å². The molecule has 3 heteroatoms. The Morgan fingerprint density at radius 2 is 0.545 bits per heavy atom. The first-order valence-corrected chi connectivity index (χ1v) is 19.4. The van der Waals surface area contributed by atoms with Gasteiger partial charge < -0.3 is 0 Å². The first-order valence-electron chi connectivity index (χ1n) is 19.4. The number of nitrogens with zero attached hydrogens (tertiary/aromatic N) is 3. The third-order valence-corrected chi connectivity index (χ3v) is 10.6. The van der Waals surface area contributed by atoms with Crippen molar-refractivity contribution in [2.24, 2.45) is 0 Å². The predicted octanol–water partition coefficient (Wildman–Crippen LogP) is 14.1. The van der Waals surface area contributed by atoms with Crippen LogP contribution < -0.4 is 0 Å². The molecule has 0 atom stereocenters. The van der Waals surface area contributed by atoms with Crippen LogP contribution in [-0.4, -0.2) is 15.0 Å². The maximum absolute atomic E-state index is 5.07. The Morgan fingerprint density at radius 3 is 0.836 bits per heavy atom. The molecule has 0 spiro atoms. The average molecular weight is 720 g/mol. The molecule has 0 fully saturated rings. The topological polar surface area (TPSA) is 38.7 Å². The van der Waals surface area contributed by atoms with Crippen LogP contribution in [0.4, 0.5) is 0 Å². The molecule has 1 aromatic heterocycles. The molecule has 55 heavy (non-hydrogen) atoms. The largest absolute Gasteiger partial charge is 0.208 e. The first-order chi connectivity index (χ1) is 26.0. The molecular formula is C52H53N3. The average Bonchev–Trinajstić information content (AvgIpc) is 3.17. The molecule has 1 heterocycles. The van der Waals surface area contributed by atoms with E-state index >= 15 is 0 Å². The van der Waals surface area contributed by atoms with Gasteiger partial charge in [0.25, 0.3) is 0 Å². The van der Waals surface area contributed by atoms with E-state index in [0.717, 1.165) is 27.8 Å². The van der Waals surface area contributed by atoms with E-state index in [1.54, 1.807) is 0 Å². The Labute approximate surface area is 328 Å². The molecule has 0 aliphatic rings. The summed E-state index contributed by atoms with van der Waals surface area (Å²) in [5.41, 5.74) is 15.5. The highest BCUT2D eigenvalue weighted by Crippen LogP contribution is 2.33. The molecule has 0 radical (unpaired) electrons. The Balaban J connectivity index is 1.24. The highest BCUT2D eigenvalue weighted by atomic mass is 15.0. The van der Waals surface area contributed by atoms with Gasteiger partial charge in [0.1, 0.15) is 0 Å². The van der Waals surface area contributed by atoms with Gasteiger partial charge in [0.15, 0.2) is 17.5 Å². The number of hydrogen-bond donors (Lipinski definition) is 0. The van der Waals surface area contributed by atoms with Gasteiger partial charge >= 0.3 is 0 Å². The summed E-state index contributed by atoms with van der Waals surface area (Å²) in [5, 5.41) is 0. The lowest BCUT2D eigenvalue weighted by Crippen LogP contribution is -2.11. The SMILES string of the molecule is Cc1cc(C(C)(C)C)ccc1-c1ccc(-c2nc(-c3ccc(-c4ccc(C(C)(C)C)cc4)cc3)nc(-c3ccc(-c4ccc(C(C)(C)C)cc4)cc3)n2)cc1. The lowest BCUT2D eigenvalue weighted by molar-refractivity contribution is 0.589. The van der Waals surface area contributed by atoms with Gasteiger partial charge in [0.05, 0.1) is 0 Å². The van der Waals surface area contributed by atoms with E-state index in [0.29, 0.717) is 17.5 Å². The number of aromatic nitrogens is 3. The van der Waals surface area contributed by atoms with Gasteiger partial charge in [-0.2, -0.15) is 0 Å². The molecule has 6 aromatic carbocycles. The van der Waals surface area contributed by atoms with Gasteiger partial charge in [0, 0.05) is 16.7 Å². The quantitative estimate of drug-likeness (QED) is 0.172. The van der Waals surface area contributed by atoms with Crippen molar-refractivity contribution in [3.05, 3.63) is 162 Å². The number of aryl methyl sites for hydroxylation is 1. The second-order valence-corrected chi connectivity index (χ2v) is 18.0. The molecule has 276 valence electrons. The summed E-state index contributed by atoms with van der Waals surface area (Å²) >= 11 is 0. The van der Waals surface area contributed by atoms with Crippen LogP contribution in [0.2, 0.25) is 0 Å². The van der Waals surface area contributed by atoms with Crippen LogP contribution in [0.3, 0.4) is 0 Å². The lowest BCUT2D eigenvalue weighted by Gasteiger charge is -2.20. The van der Waals surface area contributed by atoms with Crippen LogP contribution in [0, 0.1) is 6.92 Å². The zero-order valence-corrected chi connectivity index (χ0v) is 34.1. The normalized spacial score (nSPS) is 12.2. The van der Waals surface area contributed by atoms with Crippen LogP contribution in [0.1, 0.15) is 84.6 Å². The van der Waals surface area contributed by atoms with Crippen molar-refractivity contribution in [2.45, 2.75) is 85.5 Å². The van der Waals surface area contributed by atoms with Crippen molar-refractivity contribution in [2.75, 3.05) is 0 Å². The Bertz CT molecular complexity index is 2300. The van der Waals surface area contributed by atoms with Crippen LogP contribution >= 0.6 is 0 Å². The molecule has 0 saturated carbocycles. The van der Waals surface area contributed by atoms with Gasteiger partial charge in [-0.05, 0) is 78.8 Å². The van der Waals surface area contributed by atoms with Crippen molar-refractivity contribution in [1.82, 2.24) is 15.0 Å². The van der Waals surface area contributed by atoms with Crippen LogP contribution in [0.5, 0.6) is 0 Å². The number of rotatable bonds is 6. The van der Waals surface area contributed by atoms with Gasteiger partial charge in [0.2, 0.25) is 0 Å². The molecule has 0 bridgehead atoms. The number of hydrogen-bond acceptors (Lipinski definition) is 3. The summed E-state index contributed by atoms with van der Waals surface area (Å²) in [6, 6.07) is 50.3. The van der Waals surface area contributed by atoms with E-state index in [1.165, 1.54) is 44.5 Å². The Hall–Kier alpha value is -5.67. The van der Waals surface area contributed by atoms with E-state index in [1.807, 2.05) is 0 Å². The fourth-order valence-corrected chi connectivity index (χ4v) is 6.97. The Morgan fingerprint density at radius 1 is 0.291 bits per heavy atom. The predicted molar refractivity (Wildman–Crippen MR) is 233 cm³/mol. The van der Waals surface area contributed by atoms with Crippen molar-refractivity contribution in [3.8, 4) is 67.5 Å². The highest BCUT2D eigenvalue weighted by Gasteiger charge is 2.18. The molecule has 7 aromatic rings. The molecule has 0 unspecified atom stereocenters. The van der Waals surface area contributed by atoms with Crippen molar-refractivity contribution in [3.63, 3.8) is 0 Å². The molecule has 0 amide bonds. The standard InChI is InChI=1S/C52H53N3/c1-34-33-45(52(8,9)10)31-32-46(34)39-15-21-42(22-16-39)49-54-47(40-17-11-35(12-18-40)37-23-27-43(28-24-37)50(2,3)4)53-48(55-49)41-19-13-36(14-20-41)38-25-29-44(30-26-38)51(5,6)7/h11-33H,1-10H3. The molecule has 0 aliphatic carbocycles. The zero-order chi connectivity index (χ0) is 39.1. The van der Waals surface area contributed by atoms with Crippen LogP contribution in [0.25, 0.3) is 67.5 Å². The summed E-state index contributed by atoms with van der Waals surface area (Å²) in [7, 11) is 0. The second kappa shape index (κ2) is 14.5. The minimum atomic E-state index is 0.108. The highest BCUT2D eigenvalue weighted by molar-refractivity contribution is 5.74. The molecule has 0 saturated heterocycles. The van der Waals surface area contributed by atoms with Crippen molar-refractivity contribution in [1.29, 1.82) is 0 Å². The maximum atomic E-state index is 5.07. The van der Waals surface area contributed by atoms with Crippen molar-refractivity contribution >= 4 is 0 Å². The monoisotopic (exact) mass is 719 g/mol. The van der Waals surface area contributed by atoms with E-state index in [4.69, 9.17) is 15.0 Å². The third kappa shape index (κ3) is 8.37. The third-order valence-electron chi connectivity index (χ3n) is 10.6. The number of benzene rings is 6. The molecule has 0 aliphatic heterocycles. The maximum Gasteiger partial charge on any atom is 0.164 e. The van der Waals surface area contributed by atoms with E-state index in [-0.39, 0.29) is 16.2 Å². The summed E-state index contributed by atoms with van der Waals surface area (Å²) in [6.07, 6.45) is 0. The molecule has 0 N–H and O–H groups in total. The summed E-state index contributed by atoms with van der Waals surface area (Å²) in [4.78, 5) is 15.2. The molecule has 7 rings (SSSR count). The van der Waals surface area contributed by atoms with Gasteiger partial charge in [-0.3, -0.25) is 0 Å². The second-order valence-electron chi connectivity index (χ2n) is 18.0. The van der Waals surface area contributed by atoms with E-state index < -0.39 is 0 Å². The summed E-state index contributed by atoms with van der Waals surface area (Å²) < 4.78 is 0. The fraction of sp³-hybridized carbons (Fsp3) is 0.250. The minimum absolute atomic E-state index is 0.108. The smallest absolute Gasteiger partial charge is 0.164 e. The summed E-state index contributed by atoms with van der Waals surface area (Å²) in [6.45, 7) is 22.4. The van der Waals surface area contributed by atoms with Gasteiger partial charge in [-0.25, -0.2) is 15.0 Å². The van der Waals surface area contributed by atoms with Crippen molar-refractivity contribution < 1.29 is 0 Å². The Kier molecular flexibility index (Phi) is 9.94. The lowest BCUT2D eigenvalue weighted by atomic mass is 9.84. The van der Waals surface area contributed by atoms with Gasteiger partial charge in [-0.1, -0.05) is 202 Å². The summed E-state index contributed by atoms with van der Waals surface area (Å²) in [5.74, 6) is 1.94. The minimum Gasteiger partial charge on any atom is -0.208 e. The zero-order valence-electron chi connectivity index (χ0n) is 34.1. The van der Waals surface area contributed by atoms with E-state index in [9.17, 15) is 0 Å². The molecular weight excluding hydrogens is 667 g/mol. The fourth-order valence-electron chi connectivity index (χ4n) is 6.97. The van der Waals surface area contributed by atoms with Gasteiger partial charge in [-0.15, -0.1) is 0 Å². The van der Waals surface area contributed by atoms with Crippen LogP contribution in [-0.2, 0) is 16.2 Å².